The monoisotopic (exact) mass is 168 g/mol. The van der Waals surface area contributed by atoms with Crippen molar-refractivity contribution in [2.24, 2.45) is 5.73 Å². The molecule has 4 nitrogen and oxygen atoms in total. The van der Waals surface area contributed by atoms with Gasteiger partial charge in [0.05, 0.1) is 11.4 Å². The van der Waals surface area contributed by atoms with Gasteiger partial charge in [0.15, 0.2) is 0 Å². The Kier molecular flexibility index (Phi) is 3.22. The van der Waals surface area contributed by atoms with Crippen molar-refractivity contribution >= 4 is 0 Å². The molecule has 0 amide bonds. The smallest absolute Gasteiger partial charge is 0.0871 e. The number of aryl methyl sites for hydroxylation is 1. The van der Waals surface area contributed by atoms with Gasteiger partial charge < -0.3 is 5.73 Å². The predicted octanol–water partition coefficient (Wildman–Crippen LogP) is 0.362. The van der Waals surface area contributed by atoms with E-state index in [9.17, 15) is 0 Å². The van der Waals surface area contributed by atoms with E-state index >= 15 is 0 Å². The molecule has 1 aromatic rings. The van der Waals surface area contributed by atoms with Crippen molar-refractivity contribution in [1.29, 1.82) is 0 Å². The molecule has 0 bridgehead atoms. The third kappa shape index (κ3) is 1.64. The van der Waals surface area contributed by atoms with Crippen molar-refractivity contribution in [3.8, 4) is 0 Å². The zero-order chi connectivity index (χ0) is 8.97. The van der Waals surface area contributed by atoms with E-state index in [0.29, 0.717) is 6.54 Å². The van der Waals surface area contributed by atoms with E-state index in [0.717, 1.165) is 25.1 Å². The molecule has 12 heavy (non-hydrogen) atoms. The van der Waals surface area contributed by atoms with Crippen LogP contribution in [-0.4, -0.2) is 21.5 Å². The average Bonchev–Trinajstić information content (AvgIpc) is 2.47. The lowest BCUT2D eigenvalue weighted by atomic mass is 10.2. The molecular weight excluding hydrogens is 152 g/mol. The first kappa shape index (κ1) is 9.19. The lowest BCUT2D eigenvalue weighted by Crippen LogP contribution is -2.07. The normalized spacial score (nSPS) is 10.6. The number of hydrogen-bond acceptors (Lipinski definition) is 3. The second-order valence-electron chi connectivity index (χ2n) is 2.69. The molecule has 0 atom stereocenters. The molecule has 68 valence electrons. The van der Waals surface area contributed by atoms with Crippen LogP contribution in [0.5, 0.6) is 0 Å². The fraction of sp³-hybridized carbons (Fsp3) is 0.750. The third-order valence-corrected chi connectivity index (χ3v) is 1.93. The highest BCUT2D eigenvalue weighted by Gasteiger charge is 2.07. The summed E-state index contributed by atoms with van der Waals surface area (Å²) < 4.78 is 1.94. The molecule has 4 heteroatoms. The van der Waals surface area contributed by atoms with Gasteiger partial charge in [-0.15, -0.1) is 5.10 Å². The summed E-state index contributed by atoms with van der Waals surface area (Å²) in [6.07, 6.45) is 1.82. The van der Waals surface area contributed by atoms with Crippen LogP contribution in [0.1, 0.15) is 25.2 Å². The first-order valence-electron chi connectivity index (χ1n) is 4.44. The van der Waals surface area contributed by atoms with Crippen LogP contribution < -0.4 is 5.73 Å². The van der Waals surface area contributed by atoms with Gasteiger partial charge in [-0.1, -0.05) is 12.1 Å². The molecule has 0 aliphatic rings. The maximum absolute atomic E-state index is 5.46. The van der Waals surface area contributed by atoms with Crippen molar-refractivity contribution in [3.05, 3.63) is 11.4 Å². The molecule has 0 aliphatic heterocycles. The molecule has 0 radical (unpaired) electrons. The Morgan fingerprint density at radius 3 is 2.67 bits per heavy atom. The van der Waals surface area contributed by atoms with Gasteiger partial charge in [0, 0.05) is 13.0 Å². The molecule has 0 saturated carbocycles. The van der Waals surface area contributed by atoms with Gasteiger partial charge in [0.1, 0.15) is 0 Å². The van der Waals surface area contributed by atoms with Crippen molar-refractivity contribution in [3.63, 3.8) is 0 Å². The van der Waals surface area contributed by atoms with E-state index in [-0.39, 0.29) is 0 Å². The Labute approximate surface area is 72.8 Å². The Hall–Kier alpha value is -0.900. The summed E-state index contributed by atoms with van der Waals surface area (Å²) in [6.45, 7) is 5.72. The zero-order valence-corrected chi connectivity index (χ0v) is 7.75. The molecule has 1 rings (SSSR count). The molecule has 0 spiro atoms. The highest BCUT2D eigenvalue weighted by atomic mass is 15.4. The molecule has 0 fully saturated rings. The molecule has 1 aromatic heterocycles. The Bertz CT molecular complexity index is 241. The Balaban J connectivity index is 2.88. The van der Waals surface area contributed by atoms with Gasteiger partial charge in [-0.05, 0) is 19.9 Å². The Morgan fingerprint density at radius 1 is 1.42 bits per heavy atom. The fourth-order valence-electron chi connectivity index (χ4n) is 1.34. The van der Waals surface area contributed by atoms with Crippen molar-refractivity contribution < 1.29 is 0 Å². The zero-order valence-electron chi connectivity index (χ0n) is 7.75. The average molecular weight is 168 g/mol. The van der Waals surface area contributed by atoms with Crippen LogP contribution in [0.25, 0.3) is 0 Å². The minimum Gasteiger partial charge on any atom is -0.330 e. The van der Waals surface area contributed by atoms with E-state index in [4.69, 9.17) is 5.73 Å². The second kappa shape index (κ2) is 4.21. The van der Waals surface area contributed by atoms with E-state index in [2.05, 4.69) is 24.2 Å². The van der Waals surface area contributed by atoms with Crippen molar-refractivity contribution in [2.45, 2.75) is 33.2 Å². The quantitative estimate of drug-likeness (QED) is 0.706. The van der Waals surface area contributed by atoms with E-state index in [1.807, 2.05) is 4.68 Å². The van der Waals surface area contributed by atoms with E-state index in [1.54, 1.807) is 0 Å². The summed E-state index contributed by atoms with van der Waals surface area (Å²) in [5, 5.41) is 8.12. The van der Waals surface area contributed by atoms with Gasteiger partial charge >= 0.3 is 0 Å². The van der Waals surface area contributed by atoms with Crippen LogP contribution in [0.2, 0.25) is 0 Å². The number of rotatable bonds is 4. The molecule has 0 saturated heterocycles. The van der Waals surface area contributed by atoms with Crippen molar-refractivity contribution in [1.82, 2.24) is 15.0 Å². The summed E-state index contributed by atoms with van der Waals surface area (Å²) >= 11 is 0. The molecule has 1 heterocycles. The van der Waals surface area contributed by atoms with E-state index in [1.165, 1.54) is 5.69 Å². The van der Waals surface area contributed by atoms with Crippen LogP contribution in [0, 0.1) is 0 Å². The molecular formula is C8H16N4. The Morgan fingerprint density at radius 2 is 2.17 bits per heavy atom. The third-order valence-electron chi connectivity index (χ3n) is 1.93. The van der Waals surface area contributed by atoms with Crippen molar-refractivity contribution in [2.75, 3.05) is 6.54 Å². The second-order valence-corrected chi connectivity index (χ2v) is 2.69. The molecule has 0 aromatic carbocycles. The van der Waals surface area contributed by atoms with Crippen LogP contribution >= 0.6 is 0 Å². The van der Waals surface area contributed by atoms with Crippen LogP contribution in [0.3, 0.4) is 0 Å². The first-order valence-corrected chi connectivity index (χ1v) is 4.44. The van der Waals surface area contributed by atoms with Crippen LogP contribution in [-0.2, 0) is 19.4 Å². The maximum atomic E-state index is 5.46. The number of nitrogens with two attached hydrogens (primary N) is 1. The summed E-state index contributed by atoms with van der Waals surface area (Å²) in [7, 11) is 0. The topological polar surface area (TPSA) is 56.7 Å². The lowest BCUT2D eigenvalue weighted by molar-refractivity contribution is 0.601. The molecule has 0 aliphatic carbocycles. The number of hydrogen-bond donors (Lipinski definition) is 1. The summed E-state index contributed by atoms with van der Waals surface area (Å²) in [5.41, 5.74) is 7.74. The predicted molar refractivity (Wildman–Crippen MR) is 47.8 cm³/mol. The highest BCUT2D eigenvalue weighted by molar-refractivity contribution is 5.10. The van der Waals surface area contributed by atoms with Gasteiger partial charge in [0.2, 0.25) is 0 Å². The lowest BCUT2D eigenvalue weighted by Gasteiger charge is -2.01. The van der Waals surface area contributed by atoms with Gasteiger partial charge in [-0.2, -0.15) is 0 Å². The number of nitrogens with zero attached hydrogens (tertiary/aromatic N) is 3. The van der Waals surface area contributed by atoms with Crippen LogP contribution in [0.4, 0.5) is 0 Å². The minimum absolute atomic E-state index is 0.648. The molecule has 0 unspecified atom stereocenters. The van der Waals surface area contributed by atoms with E-state index < -0.39 is 0 Å². The van der Waals surface area contributed by atoms with Gasteiger partial charge in [-0.3, -0.25) is 0 Å². The summed E-state index contributed by atoms with van der Waals surface area (Å²) in [5.74, 6) is 0. The number of aromatic nitrogens is 3. The molecule has 2 N–H and O–H groups in total. The minimum atomic E-state index is 0.648. The SMILES string of the molecule is CCc1c(CCN)nnn1CC. The summed E-state index contributed by atoms with van der Waals surface area (Å²) in [4.78, 5) is 0. The first-order chi connectivity index (χ1) is 5.83. The maximum Gasteiger partial charge on any atom is 0.0871 e. The standard InChI is InChI=1S/C8H16N4/c1-3-8-7(5-6-9)10-11-12(8)4-2/h3-6,9H2,1-2H3. The summed E-state index contributed by atoms with van der Waals surface area (Å²) in [6, 6.07) is 0. The van der Waals surface area contributed by atoms with Gasteiger partial charge in [-0.25, -0.2) is 4.68 Å². The highest BCUT2D eigenvalue weighted by Crippen LogP contribution is 2.06. The van der Waals surface area contributed by atoms with Crippen LogP contribution in [0.15, 0.2) is 0 Å². The van der Waals surface area contributed by atoms with Gasteiger partial charge in [0.25, 0.3) is 0 Å². The fourth-order valence-corrected chi connectivity index (χ4v) is 1.34. The largest absolute Gasteiger partial charge is 0.330 e.